The second-order valence-corrected chi connectivity index (χ2v) is 9.96. The van der Waals surface area contributed by atoms with Gasteiger partial charge in [-0.15, -0.1) is 4.91 Å². The molecular formula is C24H29N7O4S. The predicted molar refractivity (Wildman–Crippen MR) is 138 cm³/mol. The zero-order chi connectivity index (χ0) is 25.8. The van der Waals surface area contributed by atoms with Crippen LogP contribution in [0.15, 0.2) is 52.5 Å². The first-order valence-corrected chi connectivity index (χ1v) is 12.6. The Morgan fingerprint density at radius 2 is 1.92 bits per heavy atom. The van der Waals surface area contributed by atoms with Crippen LogP contribution in [0.2, 0.25) is 0 Å². The van der Waals surface area contributed by atoms with Crippen LogP contribution in [0.1, 0.15) is 37.3 Å². The highest BCUT2D eigenvalue weighted by atomic mass is 32.2. The van der Waals surface area contributed by atoms with E-state index < -0.39 is 24.3 Å². The number of hydrazine groups is 1. The van der Waals surface area contributed by atoms with Crippen molar-refractivity contribution >= 4 is 41.1 Å². The van der Waals surface area contributed by atoms with Gasteiger partial charge in [-0.05, 0) is 43.5 Å². The molecule has 0 spiro atoms. The van der Waals surface area contributed by atoms with Gasteiger partial charge in [-0.2, -0.15) is 0 Å². The Hall–Kier alpha value is -3.64. The molecule has 2 aliphatic rings. The van der Waals surface area contributed by atoms with Crippen LogP contribution in [-0.4, -0.2) is 51.0 Å². The second-order valence-electron chi connectivity index (χ2n) is 8.71. The van der Waals surface area contributed by atoms with Crippen LogP contribution in [0.3, 0.4) is 0 Å². The van der Waals surface area contributed by atoms with Gasteiger partial charge in [0.15, 0.2) is 0 Å². The standard InChI is InChI=1S/C24H29N7O4S/c1-3-21-27-18-11-10-17(13-19(18)36-21)26-22-30(14-16-8-6-15(2)7-9-16)23(33)29(24(34)31(22)25)12-4-5-20(32)28-35/h6-11,13,21-22,26-27H,3-5,12,14,25H2,1-2H3. The summed E-state index contributed by atoms with van der Waals surface area (Å²) in [5.74, 6) is 5.41. The van der Waals surface area contributed by atoms with Crippen molar-refractivity contribution in [3.8, 4) is 0 Å². The largest absolute Gasteiger partial charge is 0.372 e. The maximum absolute atomic E-state index is 13.5. The molecule has 4 N–H and O–H groups in total. The van der Waals surface area contributed by atoms with Crippen LogP contribution < -0.4 is 16.5 Å². The number of rotatable bonds is 9. The Labute approximate surface area is 213 Å². The van der Waals surface area contributed by atoms with Crippen LogP contribution in [0.25, 0.3) is 0 Å². The molecule has 0 aliphatic carbocycles. The van der Waals surface area contributed by atoms with Gasteiger partial charge < -0.3 is 10.6 Å². The van der Waals surface area contributed by atoms with Gasteiger partial charge in [-0.3, -0.25) is 9.69 Å². The minimum atomic E-state index is -0.944. The third kappa shape index (κ3) is 5.44. The number of nitrogens with two attached hydrogens (primary N) is 1. The number of hydrogen-bond acceptors (Lipinski definition) is 8. The highest BCUT2D eigenvalue weighted by Crippen LogP contribution is 2.41. The summed E-state index contributed by atoms with van der Waals surface area (Å²) < 4.78 is 0. The maximum Gasteiger partial charge on any atom is 0.345 e. The number of nitrogens with one attached hydrogen (secondary N) is 2. The fourth-order valence-electron chi connectivity index (χ4n) is 4.07. The average Bonchev–Trinajstić information content (AvgIpc) is 3.30. The summed E-state index contributed by atoms with van der Waals surface area (Å²) in [7, 11) is 0. The number of urea groups is 2. The van der Waals surface area contributed by atoms with Crippen LogP contribution in [0.5, 0.6) is 0 Å². The maximum atomic E-state index is 13.5. The summed E-state index contributed by atoms with van der Waals surface area (Å²) in [4.78, 5) is 51.7. The number of nitroso groups, excluding NO2 is 1. The fraction of sp³-hybridized carbons (Fsp3) is 0.375. The molecule has 0 bridgehead atoms. The van der Waals surface area contributed by atoms with Gasteiger partial charge in [0.2, 0.25) is 6.29 Å². The van der Waals surface area contributed by atoms with Gasteiger partial charge in [0.25, 0.3) is 5.91 Å². The molecule has 5 amide bonds. The Balaban J connectivity index is 1.58. The van der Waals surface area contributed by atoms with Gasteiger partial charge in [0.1, 0.15) is 0 Å². The normalized spacial score (nSPS) is 19.2. The van der Waals surface area contributed by atoms with Gasteiger partial charge in [-0.25, -0.2) is 25.3 Å². The third-order valence-electron chi connectivity index (χ3n) is 6.07. The van der Waals surface area contributed by atoms with E-state index in [0.717, 1.165) is 38.0 Å². The lowest BCUT2D eigenvalue weighted by Gasteiger charge is -2.45. The number of carbonyl (C=O) groups is 3. The smallest absolute Gasteiger partial charge is 0.345 e. The first-order valence-electron chi connectivity index (χ1n) is 11.7. The molecule has 0 saturated carbocycles. The van der Waals surface area contributed by atoms with Crippen molar-refractivity contribution in [1.29, 1.82) is 0 Å². The number of fused-ring (bicyclic) bond motifs is 1. The topological polar surface area (TPSA) is 140 Å². The lowest BCUT2D eigenvalue weighted by atomic mass is 10.1. The molecule has 11 nitrogen and oxygen atoms in total. The zero-order valence-corrected chi connectivity index (χ0v) is 21.0. The van der Waals surface area contributed by atoms with Crippen molar-refractivity contribution < 1.29 is 14.4 Å². The Bertz CT molecular complexity index is 1160. The molecule has 2 aliphatic heterocycles. The number of imide groups is 1. The van der Waals surface area contributed by atoms with Crippen LogP contribution in [0, 0.1) is 11.8 Å². The average molecular weight is 512 g/mol. The van der Waals surface area contributed by atoms with E-state index in [9.17, 15) is 19.3 Å². The van der Waals surface area contributed by atoms with E-state index in [1.165, 1.54) is 4.90 Å². The Morgan fingerprint density at radius 3 is 2.61 bits per heavy atom. The molecule has 2 unspecified atom stereocenters. The molecule has 2 aromatic carbocycles. The van der Waals surface area contributed by atoms with Crippen molar-refractivity contribution in [3.63, 3.8) is 0 Å². The number of anilines is 2. The second kappa shape index (κ2) is 11.0. The van der Waals surface area contributed by atoms with E-state index >= 15 is 0 Å². The minimum absolute atomic E-state index is 0.0662. The predicted octanol–water partition coefficient (Wildman–Crippen LogP) is 4.25. The van der Waals surface area contributed by atoms with Gasteiger partial charge >= 0.3 is 12.1 Å². The first kappa shape index (κ1) is 25.5. The lowest BCUT2D eigenvalue weighted by molar-refractivity contribution is -0.118. The third-order valence-corrected chi connectivity index (χ3v) is 7.40. The lowest BCUT2D eigenvalue weighted by Crippen LogP contribution is -2.70. The van der Waals surface area contributed by atoms with Crippen molar-refractivity contribution in [2.24, 2.45) is 11.0 Å². The van der Waals surface area contributed by atoms with Crippen molar-refractivity contribution in [2.45, 2.75) is 56.2 Å². The summed E-state index contributed by atoms with van der Waals surface area (Å²) in [5.41, 5.74) is 3.70. The number of amides is 5. The molecule has 190 valence electrons. The molecule has 0 aromatic heterocycles. The quantitative estimate of drug-likeness (QED) is 0.258. The van der Waals surface area contributed by atoms with Gasteiger partial charge in [0, 0.05) is 34.4 Å². The highest BCUT2D eigenvalue weighted by molar-refractivity contribution is 8.00. The fourth-order valence-corrected chi connectivity index (χ4v) is 5.18. The molecule has 0 radical (unpaired) electrons. The van der Waals surface area contributed by atoms with Crippen LogP contribution in [-0.2, 0) is 11.3 Å². The monoisotopic (exact) mass is 511 g/mol. The summed E-state index contributed by atoms with van der Waals surface area (Å²) in [6.07, 6.45) is -0.0243. The zero-order valence-electron chi connectivity index (χ0n) is 20.1. The minimum Gasteiger partial charge on any atom is -0.372 e. The number of hydrogen-bond donors (Lipinski definition) is 3. The number of aryl methyl sites for hydroxylation is 1. The van der Waals surface area contributed by atoms with E-state index in [1.807, 2.05) is 49.4 Å². The van der Waals surface area contributed by atoms with E-state index in [0.29, 0.717) is 11.1 Å². The molecule has 36 heavy (non-hydrogen) atoms. The number of thioether (sulfide) groups is 1. The molecule has 1 saturated heterocycles. The molecule has 4 rings (SSSR count). The number of nitrogens with zero attached hydrogens (tertiary/aromatic N) is 4. The van der Waals surface area contributed by atoms with E-state index in [2.05, 4.69) is 22.7 Å². The summed E-state index contributed by atoms with van der Waals surface area (Å²) in [6.45, 7) is 4.22. The summed E-state index contributed by atoms with van der Waals surface area (Å²) >= 11 is 1.72. The van der Waals surface area contributed by atoms with Gasteiger partial charge in [0.05, 0.1) is 11.9 Å². The van der Waals surface area contributed by atoms with Crippen molar-refractivity contribution in [3.05, 3.63) is 58.5 Å². The molecule has 2 aromatic rings. The number of carbonyl (C=O) groups excluding carboxylic acids is 3. The van der Waals surface area contributed by atoms with E-state index in [1.54, 1.807) is 11.8 Å². The molecular weight excluding hydrogens is 482 g/mol. The molecule has 1 fully saturated rings. The molecule has 2 atom stereocenters. The summed E-state index contributed by atoms with van der Waals surface area (Å²) in [6, 6.07) is 12.3. The van der Waals surface area contributed by atoms with E-state index in [-0.39, 0.29) is 25.9 Å². The molecule has 2 heterocycles. The summed E-state index contributed by atoms with van der Waals surface area (Å²) in [5, 5.41) is 10.3. The Morgan fingerprint density at radius 1 is 1.17 bits per heavy atom. The first-order chi connectivity index (χ1) is 17.3. The van der Waals surface area contributed by atoms with Crippen LogP contribution >= 0.6 is 11.8 Å². The molecule has 12 heteroatoms. The van der Waals surface area contributed by atoms with Crippen molar-refractivity contribution in [2.75, 3.05) is 17.2 Å². The Kier molecular flexibility index (Phi) is 7.75. The van der Waals surface area contributed by atoms with Crippen LogP contribution in [0.4, 0.5) is 21.0 Å². The SMILES string of the molecule is CCC1Nc2ccc(NC3N(N)C(=O)N(CCCC(=O)N=O)C(=O)N3Cc3ccc(C)cc3)cc2S1. The van der Waals surface area contributed by atoms with E-state index in [4.69, 9.17) is 5.84 Å². The number of benzene rings is 2. The van der Waals surface area contributed by atoms with Crippen molar-refractivity contribution in [1.82, 2.24) is 14.8 Å². The van der Waals surface area contributed by atoms with Gasteiger partial charge in [-0.1, -0.05) is 48.5 Å². The highest BCUT2D eigenvalue weighted by Gasteiger charge is 2.43.